The molecule has 2 nitrogen and oxygen atoms in total. The van der Waals surface area contributed by atoms with Crippen LogP contribution in [0.25, 0.3) is 0 Å². The Hall–Kier alpha value is -0.160. The summed E-state index contributed by atoms with van der Waals surface area (Å²) in [6, 6.07) is 7.82. The van der Waals surface area contributed by atoms with Gasteiger partial charge in [-0.1, -0.05) is 6.07 Å². The third-order valence-electron chi connectivity index (χ3n) is 1.51. The highest BCUT2D eigenvalue weighted by atomic mass is 127. The van der Waals surface area contributed by atoms with Gasteiger partial charge < -0.3 is 5.41 Å². The van der Waals surface area contributed by atoms with Crippen LogP contribution >= 0.6 is 45.2 Å². The van der Waals surface area contributed by atoms with Crippen LogP contribution in [0.2, 0.25) is 0 Å². The first-order chi connectivity index (χ1) is 6.15. The monoisotopic (exact) mass is 396 g/mol. The molecule has 0 aliphatic carbocycles. The molecule has 0 spiro atoms. The molecular weight excluding hydrogens is 390 g/mol. The number of nitriles is 1. The van der Waals surface area contributed by atoms with E-state index >= 15 is 0 Å². The zero-order valence-electron chi connectivity index (χ0n) is 6.64. The quantitative estimate of drug-likeness (QED) is 0.606. The van der Waals surface area contributed by atoms with E-state index in [1.807, 2.05) is 24.3 Å². The van der Waals surface area contributed by atoms with E-state index in [4.69, 9.17) is 10.7 Å². The summed E-state index contributed by atoms with van der Waals surface area (Å²) in [4.78, 5) is 0. The predicted octanol–water partition coefficient (Wildman–Crippen LogP) is 3.18. The second-order valence-electron chi connectivity index (χ2n) is 2.44. The normalized spacial score (nSPS) is 9.31. The van der Waals surface area contributed by atoms with Crippen LogP contribution in [0, 0.1) is 23.9 Å². The van der Waals surface area contributed by atoms with Gasteiger partial charge in [0.05, 0.1) is 18.2 Å². The van der Waals surface area contributed by atoms with Gasteiger partial charge in [-0.3, -0.25) is 0 Å². The maximum atomic E-state index is 8.45. The highest BCUT2D eigenvalue weighted by Gasteiger charge is 2.05. The van der Waals surface area contributed by atoms with E-state index in [9.17, 15) is 0 Å². The molecule has 1 aromatic rings. The van der Waals surface area contributed by atoms with Crippen molar-refractivity contribution in [2.45, 2.75) is 6.42 Å². The fourth-order valence-corrected chi connectivity index (χ4v) is 2.84. The third-order valence-corrected chi connectivity index (χ3v) is 3.08. The van der Waals surface area contributed by atoms with Crippen LogP contribution in [0.15, 0.2) is 18.2 Å². The Balaban J connectivity index is 3.03. The second kappa shape index (κ2) is 4.91. The molecule has 1 rings (SSSR count). The molecule has 1 aromatic carbocycles. The van der Waals surface area contributed by atoms with Crippen molar-refractivity contribution in [1.82, 2.24) is 0 Å². The Bertz CT molecular complexity index is 380. The Morgan fingerprint density at radius 1 is 1.46 bits per heavy atom. The van der Waals surface area contributed by atoms with Crippen molar-refractivity contribution in [2.24, 2.45) is 0 Å². The zero-order valence-corrected chi connectivity index (χ0v) is 11.0. The van der Waals surface area contributed by atoms with E-state index in [-0.39, 0.29) is 6.42 Å². The van der Waals surface area contributed by atoms with Crippen LogP contribution < -0.4 is 0 Å². The SMILES string of the molecule is N#CCC(=N)c1ccc(I)cc1I. The molecule has 0 bridgehead atoms. The average Bonchev–Trinajstić information content (AvgIpc) is 2.04. The Kier molecular flexibility index (Phi) is 4.12. The zero-order chi connectivity index (χ0) is 9.84. The molecule has 0 amide bonds. The van der Waals surface area contributed by atoms with Crippen molar-refractivity contribution in [1.29, 1.82) is 10.7 Å². The summed E-state index contributed by atoms with van der Waals surface area (Å²) < 4.78 is 2.18. The molecule has 0 unspecified atom stereocenters. The molecule has 1 N–H and O–H groups in total. The number of nitrogens with zero attached hydrogens (tertiary/aromatic N) is 1. The fourth-order valence-electron chi connectivity index (χ4n) is 0.908. The molecule has 0 radical (unpaired) electrons. The smallest absolute Gasteiger partial charge is 0.0774 e. The van der Waals surface area contributed by atoms with Gasteiger partial charge in [0, 0.05) is 12.7 Å². The van der Waals surface area contributed by atoms with Crippen LogP contribution in [0.5, 0.6) is 0 Å². The fraction of sp³-hybridized carbons (Fsp3) is 0.111. The number of halogens is 2. The molecule has 4 heteroatoms. The summed E-state index contributed by atoms with van der Waals surface area (Å²) in [5.41, 5.74) is 1.26. The van der Waals surface area contributed by atoms with E-state index in [1.165, 1.54) is 0 Å². The van der Waals surface area contributed by atoms with Crippen LogP contribution in [-0.4, -0.2) is 5.71 Å². The number of rotatable bonds is 2. The minimum absolute atomic E-state index is 0.177. The van der Waals surface area contributed by atoms with Crippen LogP contribution in [0.3, 0.4) is 0 Å². The van der Waals surface area contributed by atoms with Crippen molar-refractivity contribution >= 4 is 50.9 Å². The summed E-state index contributed by atoms with van der Waals surface area (Å²) in [6.45, 7) is 0. The van der Waals surface area contributed by atoms with Gasteiger partial charge in [0.1, 0.15) is 0 Å². The van der Waals surface area contributed by atoms with Gasteiger partial charge in [0.25, 0.3) is 0 Å². The summed E-state index contributed by atoms with van der Waals surface area (Å²) >= 11 is 4.41. The highest BCUT2D eigenvalue weighted by molar-refractivity contribution is 14.1. The molecule has 13 heavy (non-hydrogen) atoms. The van der Waals surface area contributed by atoms with Gasteiger partial charge in [0.2, 0.25) is 0 Å². The lowest BCUT2D eigenvalue weighted by molar-refractivity contribution is 1.33. The van der Waals surface area contributed by atoms with Crippen molar-refractivity contribution in [3.05, 3.63) is 30.9 Å². The molecule has 0 atom stereocenters. The van der Waals surface area contributed by atoms with Crippen molar-refractivity contribution in [3.8, 4) is 6.07 Å². The van der Waals surface area contributed by atoms with Crippen LogP contribution in [-0.2, 0) is 0 Å². The lowest BCUT2D eigenvalue weighted by atomic mass is 10.1. The molecule has 0 aromatic heterocycles. The summed E-state index contributed by atoms with van der Waals surface area (Å²) in [5.74, 6) is 0. The second-order valence-corrected chi connectivity index (χ2v) is 4.85. The van der Waals surface area contributed by atoms with Gasteiger partial charge in [-0.25, -0.2) is 0 Å². The first kappa shape index (κ1) is 10.9. The van der Waals surface area contributed by atoms with E-state index in [1.54, 1.807) is 0 Å². The number of hydrogen-bond donors (Lipinski definition) is 1. The summed E-state index contributed by atoms with van der Waals surface area (Å²) in [7, 11) is 0. The molecule has 0 saturated carbocycles. The molecule has 0 aliphatic heterocycles. The first-order valence-corrected chi connectivity index (χ1v) is 5.70. The van der Waals surface area contributed by atoms with Gasteiger partial charge in [0.15, 0.2) is 0 Å². The van der Waals surface area contributed by atoms with Gasteiger partial charge >= 0.3 is 0 Å². The maximum Gasteiger partial charge on any atom is 0.0774 e. The number of hydrogen-bond acceptors (Lipinski definition) is 2. The number of nitrogens with one attached hydrogen (secondary N) is 1. The summed E-state index contributed by atoms with van der Waals surface area (Å²) in [6.07, 6.45) is 0.177. The summed E-state index contributed by atoms with van der Waals surface area (Å²) in [5, 5.41) is 16.1. The molecule has 0 fully saturated rings. The van der Waals surface area contributed by atoms with E-state index in [0.29, 0.717) is 5.71 Å². The molecule has 0 aliphatic rings. The van der Waals surface area contributed by atoms with E-state index < -0.39 is 0 Å². The van der Waals surface area contributed by atoms with Gasteiger partial charge in [-0.15, -0.1) is 0 Å². The van der Waals surface area contributed by atoms with Crippen LogP contribution in [0.4, 0.5) is 0 Å². The van der Waals surface area contributed by atoms with E-state index in [2.05, 4.69) is 45.2 Å². The Labute approximate surface area is 104 Å². The number of benzene rings is 1. The maximum absolute atomic E-state index is 8.45. The third kappa shape index (κ3) is 2.91. The topological polar surface area (TPSA) is 47.6 Å². The Morgan fingerprint density at radius 2 is 2.15 bits per heavy atom. The molecule has 0 saturated heterocycles. The lowest BCUT2D eigenvalue weighted by Crippen LogP contribution is -2.00. The van der Waals surface area contributed by atoms with Crippen molar-refractivity contribution < 1.29 is 0 Å². The molecule has 66 valence electrons. The van der Waals surface area contributed by atoms with Gasteiger partial charge in [-0.2, -0.15) is 5.26 Å². The minimum atomic E-state index is 0.177. The lowest BCUT2D eigenvalue weighted by Gasteiger charge is -2.03. The van der Waals surface area contributed by atoms with Crippen molar-refractivity contribution in [2.75, 3.05) is 0 Å². The first-order valence-electron chi connectivity index (χ1n) is 3.55. The predicted molar refractivity (Wildman–Crippen MR) is 68.9 cm³/mol. The minimum Gasteiger partial charge on any atom is -0.304 e. The van der Waals surface area contributed by atoms with E-state index in [0.717, 1.165) is 12.7 Å². The molecule has 0 heterocycles. The Morgan fingerprint density at radius 3 is 2.69 bits per heavy atom. The molecular formula is C9H6I2N2. The van der Waals surface area contributed by atoms with Crippen LogP contribution in [0.1, 0.15) is 12.0 Å². The average molecular weight is 396 g/mol. The standard InChI is InChI=1S/C9H6I2N2/c10-6-1-2-7(8(11)5-6)9(13)3-4-12/h1-2,5,13H,3H2. The van der Waals surface area contributed by atoms with Gasteiger partial charge in [-0.05, 0) is 57.3 Å². The van der Waals surface area contributed by atoms with Crippen molar-refractivity contribution in [3.63, 3.8) is 0 Å². The largest absolute Gasteiger partial charge is 0.304 e. The highest BCUT2D eigenvalue weighted by Crippen LogP contribution is 2.17.